The standard InChI is InChI=1S/C11H14N4OS/c1-2-16-5-3-4-15-11-8(6-12)10(14)9(7-13)17-11/h15H,2-5,14H2,1H3. The summed E-state index contributed by atoms with van der Waals surface area (Å²) < 4.78 is 5.20. The number of nitrogen functional groups attached to an aromatic ring is 1. The lowest BCUT2D eigenvalue weighted by Crippen LogP contribution is -2.05. The predicted molar refractivity (Wildman–Crippen MR) is 67.8 cm³/mol. The first-order chi connectivity index (χ1) is 8.24. The molecule has 5 nitrogen and oxygen atoms in total. The molecule has 1 heterocycles. The second-order valence-electron chi connectivity index (χ2n) is 3.25. The normalized spacial score (nSPS) is 9.59. The molecule has 3 N–H and O–H groups in total. The molecule has 0 bridgehead atoms. The summed E-state index contributed by atoms with van der Waals surface area (Å²) in [4.78, 5) is 0.383. The molecule has 6 heteroatoms. The predicted octanol–water partition coefficient (Wildman–Crippen LogP) is 1.91. The van der Waals surface area contributed by atoms with E-state index in [2.05, 4.69) is 5.32 Å². The molecule has 0 aliphatic rings. The summed E-state index contributed by atoms with van der Waals surface area (Å²) >= 11 is 1.21. The molecule has 0 aliphatic carbocycles. The van der Waals surface area contributed by atoms with Crippen molar-refractivity contribution in [3.05, 3.63) is 10.4 Å². The fraction of sp³-hybridized carbons (Fsp3) is 0.455. The number of ether oxygens (including phenoxy) is 1. The topological polar surface area (TPSA) is 94.9 Å². The monoisotopic (exact) mass is 250 g/mol. The maximum absolute atomic E-state index is 8.95. The van der Waals surface area contributed by atoms with E-state index in [1.54, 1.807) is 0 Å². The van der Waals surface area contributed by atoms with Crippen LogP contribution in [-0.2, 0) is 4.74 Å². The molecule has 0 saturated heterocycles. The number of rotatable bonds is 6. The van der Waals surface area contributed by atoms with Gasteiger partial charge in [-0.05, 0) is 13.3 Å². The van der Waals surface area contributed by atoms with E-state index in [1.807, 2.05) is 19.1 Å². The molecule has 0 saturated carbocycles. The van der Waals surface area contributed by atoms with E-state index >= 15 is 0 Å². The molecule has 0 radical (unpaired) electrons. The van der Waals surface area contributed by atoms with Crippen molar-refractivity contribution in [2.75, 3.05) is 30.8 Å². The molecule has 0 amide bonds. The van der Waals surface area contributed by atoms with E-state index in [-0.39, 0.29) is 5.69 Å². The van der Waals surface area contributed by atoms with Crippen LogP contribution in [0.2, 0.25) is 0 Å². The van der Waals surface area contributed by atoms with Gasteiger partial charge in [-0.3, -0.25) is 0 Å². The smallest absolute Gasteiger partial charge is 0.131 e. The summed E-state index contributed by atoms with van der Waals surface area (Å²) in [6.45, 7) is 4.02. The van der Waals surface area contributed by atoms with Crippen molar-refractivity contribution in [2.45, 2.75) is 13.3 Å². The second-order valence-corrected chi connectivity index (χ2v) is 4.27. The summed E-state index contributed by atoms with van der Waals surface area (Å²) in [6.07, 6.45) is 0.846. The average molecular weight is 250 g/mol. The zero-order chi connectivity index (χ0) is 12.7. The van der Waals surface area contributed by atoms with E-state index < -0.39 is 0 Å². The van der Waals surface area contributed by atoms with Crippen molar-refractivity contribution in [1.82, 2.24) is 0 Å². The van der Waals surface area contributed by atoms with Crippen LogP contribution < -0.4 is 11.1 Å². The van der Waals surface area contributed by atoms with Crippen molar-refractivity contribution in [3.8, 4) is 12.1 Å². The fourth-order valence-corrected chi connectivity index (χ4v) is 2.18. The number of nitrogens with zero attached hydrogens (tertiary/aromatic N) is 2. The third-order valence-electron chi connectivity index (χ3n) is 2.11. The van der Waals surface area contributed by atoms with E-state index in [1.165, 1.54) is 11.3 Å². The van der Waals surface area contributed by atoms with E-state index in [0.29, 0.717) is 35.2 Å². The van der Waals surface area contributed by atoms with Gasteiger partial charge in [-0.15, -0.1) is 11.3 Å². The lowest BCUT2D eigenvalue weighted by Gasteiger charge is -2.04. The van der Waals surface area contributed by atoms with Gasteiger partial charge in [-0.2, -0.15) is 10.5 Å². The molecule has 0 unspecified atom stereocenters. The maximum Gasteiger partial charge on any atom is 0.131 e. The van der Waals surface area contributed by atoms with E-state index in [0.717, 1.165) is 6.42 Å². The van der Waals surface area contributed by atoms with Crippen LogP contribution in [0.1, 0.15) is 23.8 Å². The highest BCUT2D eigenvalue weighted by Crippen LogP contribution is 2.34. The lowest BCUT2D eigenvalue weighted by molar-refractivity contribution is 0.147. The highest BCUT2D eigenvalue weighted by atomic mass is 32.1. The van der Waals surface area contributed by atoms with Crippen LogP contribution in [0.3, 0.4) is 0 Å². The summed E-state index contributed by atoms with van der Waals surface area (Å²) in [5.74, 6) is 0. The van der Waals surface area contributed by atoms with Crippen LogP contribution in [0.5, 0.6) is 0 Å². The Balaban J connectivity index is 2.60. The molecule has 0 atom stereocenters. The van der Waals surface area contributed by atoms with Gasteiger partial charge in [0.25, 0.3) is 0 Å². The number of nitrogens with two attached hydrogens (primary N) is 1. The molecule has 0 aliphatic heterocycles. The van der Waals surface area contributed by atoms with Gasteiger partial charge >= 0.3 is 0 Å². The van der Waals surface area contributed by atoms with Crippen LogP contribution in [-0.4, -0.2) is 19.8 Å². The molecule has 1 aromatic rings. The number of thiophene rings is 1. The third-order valence-corrected chi connectivity index (χ3v) is 3.18. The SMILES string of the molecule is CCOCCCNc1sc(C#N)c(N)c1C#N. The highest BCUT2D eigenvalue weighted by Gasteiger charge is 2.14. The van der Waals surface area contributed by atoms with Crippen LogP contribution in [0, 0.1) is 22.7 Å². The molecular weight excluding hydrogens is 236 g/mol. The molecule has 0 fully saturated rings. The Morgan fingerprint density at radius 1 is 1.41 bits per heavy atom. The zero-order valence-electron chi connectivity index (χ0n) is 9.62. The summed E-state index contributed by atoms with van der Waals surface area (Å²) in [6, 6.07) is 3.99. The minimum absolute atomic E-state index is 0.271. The molecule has 1 aromatic heterocycles. The van der Waals surface area contributed by atoms with Crippen LogP contribution >= 0.6 is 11.3 Å². The molecule has 17 heavy (non-hydrogen) atoms. The Morgan fingerprint density at radius 2 is 2.18 bits per heavy atom. The van der Waals surface area contributed by atoms with Gasteiger partial charge < -0.3 is 15.8 Å². The average Bonchev–Trinajstić information content (AvgIpc) is 2.65. The Kier molecular flexibility index (Phi) is 5.28. The fourth-order valence-electron chi connectivity index (χ4n) is 1.28. The Morgan fingerprint density at radius 3 is 2.76 bits per heavy atom. The van der Waals surface area contributed by atoms with Crippen molar-refractivity contribution >= 4 is 22.0 Å². The molecule has 90 valence electrons. The first kappa shape index (κ1) is 13.3. The van der Waals surface area contributed by atoms with Gasteiger partial charge in [0.1, 0.15) is 27.6 Å². The van der Waals surface area contributed by atoms with Crippen LogP contribution in [0.25, 0.3) is 0 Å². The van der Waals surface area contributed by atoms with Crippen molar-refractivity contribution < 1.29 is 4.74 Å². The van der Waals surface area contributed by atoms with Crippen LogP contribution in [0.15, 0.2) is 0 Å². The Labute approximate surface area is 104 Å². The maximum atomic E-state index is 8.95. The third kappa shape index (κ3) is 3.35. The van der Waals surface area contributed by atoms with Crippen molar-refractivity contribution in [2.24, 2.45) is 0 Å². The van der Waals surface area contributed by atoms with Gasteiger partial charge in [0.2, 0.25) is 0 Å². The Hall–Kier alpha value is -1.76. The van der Waals surface area contributed by atoms with E-state index in [4.69, 9.17) is 21.0 Å². The van der Waals surface area contributed by atoms with Gasteiger partial charge in [0, 0.05) is 19.8 Å². The van der Waals surface area contributed by atoms with Gasteiger partial charge in [-0.1, -0.05) is 0 Å². The Bertz CT molecular complexity index is 455. The van der Waals surface area contributed by atoms with Gasteiger partial charge in [-0.25, -0.2) is 0 Å². The molecule has 1 rings (SSSR count). The number of anilines is 2. The first-order valence-electron chi connectivity index (χ1n) is 5.28. The minimum atomic E-state index is 0.271. The number of nitrogens with one attached hydrogen (secondary N) is 1. The molecule has 0 spiro atoms. The largest absolute Gasteiger partial charge is 0.396 e. The quantitative estimate of drug-likeness (QED) is 0.752. The summed E-state index contributed by atoms with van der Waals surface area (Å²) in [5, 5.41) is 21.5. The van der Waals surface area contributed by atoms with Gasteiger partial charge in [0.15, 0.2) is 0 Å². The second kappa shape index (κ2) is 6.74. The summed E-state index contributed by atoms with van der Waals surface area (Å²) in [7, 11) is 0. The van der Waals surface area contributed by atoms with Crippen molar-refractivity contribution in [3.63, 3.8) is 0 Å². The number of nitriles is 2. The van der Waals surface area contributed by atoms with Gasteiger partial charge in [0.05, 0.1) is 5.69 Å². The number of hydrogen-bond donors (Lipinski definition) is 2. The molecule has 0 aromatic carbocycles. The van der Waals surface area contributed by atoms with Crippen molar-refractivity contribution in [1.29, 1.82) is 10.5 Å². The summed E-state index contributed by atoms with van der Waals surface area (Å²) in [5.41, 5.74) is 6.31. The lowest BCUT2D eigenvalue weighted by atomic mass is 10.2. The number of hydrogen-bond acceptors (Lipinski definition) is 6. The highest BCUT2D eigenvalue weighted by molar-refractivity contribution is 7.17. The van der Waals surface area contributed by atoms with Crippen LogP contribution in [0.4, 0.5) is 10.7 Å². The molecular formula is C11H14N4OS. The minimum Gasteiger partial charge on any atom is -0.396 e. The zero-order valence-corrected chi connectivity index (χ0v) is 10.4. The van der Waals surface area contributed by atoms with E-state index in [9.17, 15) is 0 Å². The first-order valence-corrected chi connectivity index (χ1v) is 6.10.